The predicted octanol–water partition coefficient (Wildman–Crippen LogP) is 1.73. The lowest BCUT2D eigenvalue weighted by Gasteiger charge is -2.36. The van der Waals surface area contributed by atoms with E-state index in [1.165, 1.54) is 0 Å². The monoisotopic (exact) mass is 454 g/mol. The van der Waals surface area contributed by atoms with Crippen molar-refractivity contribution in [3.8, 4) is 17.2 Å². The van der Waals surface area contributed by atoms with E-state index in [-0.39, 0.29) is 0 Å². The number of methoxy groups -OCH3 is 1. The summed E-state index contributed by atoms with van der Waals surface area (Å²) in [6.45, 7) is 5.99. The van der Waals surface area contributed by atoms with Crippen LogP contribution in [0.3, 0.4) is 0 Å². The van der Waals surface area contributed by atoms with Crippen LogP contribution in [0, 0.1) is 0 Å². The summed E-state index contributed by atoms with van der Waals surface area (Å²) < 4.78 is 16.4. The van der Waals surface area contributed by atoms with Crippen molar-refractivity contribution in [1.29, 1.82) is 0 Å². The van der Waals surface area contributed by atoms with Crippen LogP contribution in [0.15, 0.2) is 42.5 Å². The first-order chi connectivity index (χ1) is 16.1. The fourth-order valence-corrected chi connectivity index (χ4v) is 4.00. The molecule has 0 unspecified atom stereocenters. The Balaban J connectivity index is 1.15. The van der Waals surface area contributed by atoms with Crippen LogP contribution in [0.1, 0.15) is 6.42 Å². The van der Waals surface area contributed by atoms with Crippen LogP contribution in [-0.2, 0) is 9.59 Å². The molecule has 9 heteroatoms. The fourth-order valence-electron chi connectivity index (χ4n) is 4.00. The molecule has 33 heavy (non-hydrogen) atoms. The SMILES string of the molecule is COc1ccccc1N1CCN(CCCNC(=O)C(=O)Nc2ccc3c(c2)OCCO3)CC1. The summed E-state index contributed by atoms with van der Waals surface area (Å²) in [4.78, 5) is 29.0. The highest BCUT2D eigenvalue weighted by molar-refractivity contribution is 6.39. The molecule has 0 bridgehead atoms. The first-order valence-corrected chi connectivity index (χ1v) is 11.2. The molecule has 2 aromatic carbocycles. The third kappa shape index (κ3) is 5.87. The van der Waals surface area contributed by atoms with Gasteiger partial charge in [0.05, 0.1) is 12.8 Å². The van der Waals surface area contributed by atoms with Crippen molar-refractivity contribution in [1.82, 2.24) is 10.2 Å². The second-order valence-electron chi connectivity index (χ2n) is 7.92. The number of fused-ring (bicyclic) bond motifs is 1. The molecular weight excluding hydrogens is 424 g/mol. The highest BCUT2D eigenvalue weighted by Gasteiger charge is 2.20. The summed E-state index contributed by atoms with van der Waals surface area (Å²) in [6.07, 6.45) is 0.775. The van der Waals surface area contributed by atoms with Gasteiger partial charge < -0.3 is 29.7 Å². The van der Waals surface area contributed by atoms with Crippen LogP contribution in [0.2, 0.25) is 0 Å². The van der Waals surface area contributed by atoms with E-state index in [0.29, 0.717) is 36.9 Å². The molecule has 0 radical (unpaired) electrons. The van der Waals surface area contributed by atoms with Gasteiger partial charge in [-0.25, -0.2) is 0 Å². The largest absolute Gasteiger partial charge is 0.495 e. The van der Waals surface area contributed by atoms with Gasteiger partial charge in [-0.15, -0.1) is 0 Å². The second-order valence-corrected chi connectivity index (χ2v) is 7.92. The molecule has 4 rings (SSSR count). The molecule has 1 saturated heterocycles. The lowest BCUT2D eigenvalue weighted by molar-refractivity contribution is -0.136. The molecule has 9 nitrogen and oxygen atoms in total. The number of carbonyl (C=O) groups is 2. The number of ether oxygens (including phenoxy) is 3. The zero-order valence-electron chi connectivity index (χ0n) is 18.8. The molecule has 1 fully saturated rings. The second kappa shape index (κ2) is 10.9. The quantitative estimate of drug-likeness (QED) is 0.486. The number of anilines is 2. The van der Waals surface area contributed by atoms with Gasteiger partial charge in [-0.2, -0.15) is 0 Å². The Morgan fingerprint density at radius 2 is 1.73 bits per heavy atom. The molecule has 176 valence electrons. The maximum absolute atomic E-state index is 12.2. The Labute approximate surface area is 193 Å². The Morgan fingerprint density at radius 1 is 0.970 bits per heavy atom. The van der Waals surface area contributed by atoms with Gasteiger partial charge in [-0.1, -0.05) is 12.1 Å². The van der Waals surface area contributed by atoms with Crippen molar-refractivity contribution in [2.24, 2.45) is 0 Å². The summed E-state index contributed by atoms with van der Waals surface area (Å²) in [5.41, 5.74) is 1.61. The Morgan fingerprint density at radius 3 is 2.52 bits per heavy atom. The van der Waals surface area contributed by atoms with Crippen LogP contribution in [-0.4, -0.2) is 76.3 Å². The van der Waals surface area contributed by atoms with E-state index in [4.69, 9.17) is 14.2 Å². The number of hydrogen-bond acceptors (Lipinski definition) is 7. The molecule has 2 N–H and O–H groups in total. The van der Waals surface area contributed by atoms with E-state index >= 15 is 0 Å². The number of amides is 2. The number of benzene rings is 2. The molecule has 2 aromatic rings. The van der Waals surface area contributed by atoms with Crippen LogP contribution in [0.4, 0.5) is 11.4 Å². The number of nitrogens with zero attached hydrogens (tertiary/aromatic N) is 2. The highest BCUT2D eigenvalue weighted by atomic mass is 16.6. The predicted molar refractivity (Wildman–Crippen MR) is 125 cm³/mol. The van der Waals surface area contributed by atoms with Crippen molar-refractivity contribution >= 4 is 23.2 Å². The van der Waals surface area contributed by atoms with E-state index in [2.05, 4.69) is 26.5 Å². The molecule has 2 aliphatic heterocycles. The van der Waals surface area contributed by atoms with E-state index in [9.17, 15) is 9.59 Å². The fraction of sp³-hybridized carbons (Fsp3) is 0.417. The zero-order chi connectivity index (χ0) is 23.0. The van der Waals surface area contributed by atoms with Crippen molar-refractivity contribution < 1.29 is 23.8 Å². The lowest BCUT2D eigenvalue weighted by Crippen LogP contribution is -2.47. The van der Waals surface area contributed by atoms with Crippen molar-refractivity contribution in [3.05, 3.63) is 42.5 Å². The molecule has 2 aliphatic rings. The van der Waals surface area contributed by atoms with Gasteiger partial charge >= 0.3 is 11.8 Å². The maximum atomic E-state index is 12.2. The van der Waals surface area contributed by atoms with Gasteiger partial charge in [0.1, 0.15) is 19.0 Å². The Hall–Kier alpha value is -3.46. The minimum absolute atomic E-state index is 0.445. The summed E-state index contributed by atoms with van der Waals surface area (Å²) in [7, 11) is 1.69. The van der Waals surface area contributed by atoms with Crippen LogP contribution in [0.5, 0.6) is 17.2 Å². The van der Waals surface area contributed by atoms with E-state index in [1.54, 1.807) is 25.3 Å². The van der Waals surface area contributed by atoms with Gasteiger partial charge in [-0.3, -0.25) is 14.5 Å². The summed E-state index contributed by atoms with van der Waals surface area (Å²) in [5.74, 6) is 0.740. The molecule has 0 aliphatic carbocycles. The van der Waals surface area contributed by atoms with E-state index in [0.717, 1.165) is 50.6 Å². The first kappa shape index (κ1) is 22.7. The van der Waals surface area contributed by atoms with Crippen LogP contribution >= 0.6 is 0 Å². The first-order valence-electron chi connectivity index (χ1n) is 11.2. The maximum Gasteiger partial charge on any atom is 0.313 e. The minimum Gasteiger partial charge on any atom is -0.495 e. The summed E-state index contributed by atoms with van der Waals surface area (Å²) >= 11 is 0. The van der Waals surface area contributed by atoms with Crippen LogP contribution < -0.4 is 29.7 Å². The number of hydrogen-bond donors (Lipinski definition) is 2. The standard InChI is InChI=1S/C24H30N4O5/c1-31-20-6-3-2-5-19(20)28-13-11-27(12-14-28)10-4-9-25-23(29)24(30)26-18-7-8-21-22(17-18)33-16-15-32-21/h2-3,5-8,17H,4,9-16H2,1H3,(H,25,29)(H,26,30). The third-order valence-corrected chi connectivity index (χ3v) is 5.74. The molecule has 0 saturated carbocycles. The highest BCUT2D eigenvalue weighted by Crippen LogP contribution is 2.32. The Kier molecular flexibility index (Phi) is 7.51. The normalized spacial score (nSPS) is 15.6. The molecule has 0 atom stereocenters. The van der Waals surface area contributed by atoms with Crippen molar-refractivity contribution in [2.75, 3.05) is 69.8 Å². The van der Waals surface area contributed by atoms with Crippen molar-refractivity contribution in [2.45, 2.75) is 6.42 Å². The molecule has 2 heterocycles. The summed E-state index contributed by atoms with van der Waals surface area (Å²) in [6, 6.07) is 13.1. The van der Waals surface area contributed by atoms with Gasteiger partial charge in [0.2, 0.25) is 0 Å². The topological polar surface area (TPSA) is 92.4 Å². The molecule has 2 amide bonds. The van der Waals surface area contributed by atoms with Gasteiger partial charge in [-0.05, 0) is 37.2 Å². The summed E-state index contributed by atoms with van der Waals surface area (Å²) in [5, 5.41) is 5.29. The number of piperazine rings is 1. The zero-order valence-corrected chi connectivity index (χ0v) is 18.8. The van der Waals surface area contributed by atoms with Crippen LogP contribution in [0.25, 0.3) is 0 Å². The van der Waals surface area contributed by atoms with Gasteiger partial charge in [0, 0.05) is 44.5 Å². The lowest BCUT2D eigenvalue weighted by atomic mass is 10.2. The molecular formula is C24H30N4O5. The molecule has 0 aromatic heterocycles. The van der Waals surface area contributed by atoms with Gasteiger partial charge in [0.15, 0.2) is 11.5 Å². The Bertz CT molecular complexity index is 975. The number of nitrogens with one attached hydrogen (secondary N) is 2. The third-order valence-electron chi connectivity index (χ3n) is 5.74. The molecule has 0 spiro atoms. The number of carbonyl (C=O) groups excluding carboxylic acids is 2. The van der Waals surface area contributed by atoms with E-state index in [1.807, 2.05) is 18.2 Å². The number of rotatable bonds is 7. The average Bonchev–Trinajstić information content (AvgIpc) is 2.86. The average molecular weight is 455 g/mol. The van der Waals surface area contributed by atoms with Gasteiger partial charge in [0.25, 0.3) is 0 Å². The number of para-hydroxylation sites is 2. The van der Waals surface area contributed by atoms with Crippen molar-refractivity contribution in [3.63, 3.8) is 0 Å². The van der Waals surface area contributed by atoms with E-state index < -0.39 is 11.8 Å². The minimum atomic E-state index is -0.697. The smallest absolute Gasteiger partial charge is 0.313 e.